The number of amides is 1. The second-order valence-electron chi connectivity index (χ2n) is 4.30. The third kappa shape index (κ3) is 5.19. The highest BCUT2D eigenvalue weighted by Crippen LogP contribution is 2.06. The number of carbonyl (C=O) groups excluding carboxylic acids is 1. The molecule has 1 rings (SSSR count). The molecule has 0 fully saturated rings. The number of rotatable bonds is 7. The maximum absolute atomic E-state index is 11.7. The van der Waals surface area contributed by atoms with E-state index in [4.69, 9.17) is 5.73 Å². The smallest absolute Gasteiger partial charge is 0.224 e. The molecule has 0 spiro atoms. The number of nitrogens with zero attached hydrogens (tertiary/aromatic N) is 1. The van der Waals surface area contributed by atoms with Gasteiger partial charge in [-0.05, 0) is 30.8 Å². The molecule has 18 heavy (non-hydrogen) atoms. The summed E-state index contributed by atoms with van der Waals surface area (Å²) in [6, 6.07) is 7.44. The SMILES string of the molecule is CCN(CC)CCNC(=O)Cc1cccc(N)c1. The number of benzene rings is 1. The van der Waals surface area contributed by atoms with Gasteiger partial charge in [0.2, 0.25) is 5.91 Å². The maximum atomic E-state index is 11.7. The van der Waals surface area contributed by atoms with Gasteiger partial charge in [0.05, 0.1) is 6.42 Å². The second-order valence-corrected chi connectivity index (χ2v) is 4.30. The van der Waals surface area contributed by atoms with Gasteiger partial charge in [-0.1, -0.05) is 26.0 Å². The van der Waals surface area contributed by atoms with Crippen LogP contribution in [0.3, 0.4) is 0 Å². The average molecular weight is 249 g/mol. The highest BCUT2D eigenvalue weighted by molar-refractivity contribution is 5.78. The number of nitrogen functional groups attached to an aromatic ring is 1. The molecule has 0 saturated heterocycles. The minimum absolute atomic E-state index is 0.0488. The molecule has 1 amide bonds. The number of hydrogen-bond acceptors (Lipinski definition) is 3. The molecule has 4 heteroatoms. The molecule has 0 atom stereocenters. The van der Waals surface area contributed by atoms with Crippen molar-refractivity contribution in [2.45, 2.75) is 20.3 Å². The van der Waals surface area contributed by atoms with Gasteiger partial charge >= 0.3 is 0 Å². The van der Waals surface area contributed by atoms with Crippen molar-refractivity contribution in [2.75, 3.05) is 31.9 Å². The van der Waals surface area contributed by atoms with E-state index in [-0.39, 0.29) is 5.91 Å². The monoisotopic (exact) mass is 249 g/mol. The Balaban J connectivity index is 2.29. The van der Waals surface area contributed by atoms with Gasteiger partial charge < -0.3 is 16.0 Å². The highest BCUT2D eigenvalue weighted by atomic mass is 16.1. The molecular weight excluding hydrogens is 226 g/mol. The summed E-state index contributed by atoms with van der Waals surface area (Å²) in [5.74, 6) is 0.0488. The molecule has 0 aromatic heterocycles. The number of carbonyl (C=O) groups is 1. The van der Waals surface area contributed by atoms with E-state index in [0.29, 0.717) is 18.7 Å². The summed E-state index contributed by atoms with van der Waals surface area (Å²) in [6.07, 6.45) is 0.392. The van der Waals surface area contributed by atoms with Crippen LogP contribution in [0.2, 0.25) is 0 Å². The lowest BCUT2D eigenvalue weighted by Crippen LogP contribution is -2.35. The van der Waals surface area contributed by atoms with Crippen LogP contribution in [0, 0.1) is 0 Å². The summed E-state index contributed by atoms with van der Waals surface area (Å²) in [4.78, 5) is 14.0. The zero-order valence-corrected chi connectivity index (χ0v) is 11.3. The Hall–Kier alpha value is -1.55. The predicted octanol–water partition coefficient (Wildman–Crippen LogP) is 1.27. The first-order chi connectivity index (χ1) is 8.65. The van der Waals surface area contributed by atoms with Crippen molar-refractivity contribution >= 4 is 11.6 Å². The number of nitrogens with one attached hydrogen (secondary N) is 1. The first-order valence-electron chi connectivity index (χ1n) is 6.49. The van der Waals surface area contributed by atoms with Crippen molar-refractivity contribution in [3.05, 3.63) is 29.8 Å². The summed E-state index contributed by atoms with van der Waals surface area (Å²) in [6.45, 7) is 7.87. The Morgan fingerprint density at radius 3 is 2.67 bits per heavy atom. The number of likely N-dealkylation sites (N-methyl/N-ethyl adjacent to an activating group) is 1. The summed E-state index contributed by atoms with van der Waals surface area (Å²) < 4.78 is 0. The van der Waals surface area contributed by atoms with Gasteiger partial charge in [0.1, 0.15) is 0 Å². The van der Waals surface area contributed by atoms with E-state index in [9.17, 15) is 4.79 Å². The number of hydrogen-bond donors (Lipinski definition) is 2. The van der Waals surface area contributed by atoms with Crippen LogP contribution in [0.25, 0.3) is 0 Å². The molecule has 0 heterocycles. The second kappa shape index (κ2) is 7.71. The molecule has 100 valence electrons. The molecule has 0 aliphatic rings. The third-order valence-corrected chi connectivity index (χ3v) is 2.96. The van der Waals surface area contributed by atoms with Gasteiger partial charge in [0, 0.05) is 18.8 Å². The van der Waals surface area contributed by atoms with Crippen molar-refractivity contribution in [3.63, 3.8) is 0 Å². The average Bonchev–Trinajstić information content (AvgIpc) is 2.34. The largest absolute Gasteiger partial charge is 0.399 e. The number of anilines is 1. The van der Waals surface area contributed by atoms with E-state index in [2.05, 4.69) is 24.1 Å². The van der Waals surface area contributed by atoms with Crippen LogP contribution < -0.4 is 11.1 Å². The summed E-state index contributed by atoms with van der Waals surface area (Å²) >= 11 is 0. The molecule has 1 aromatic rings. The van der Waals surface area contributed by atoms with Crippen LogP contribution in [-0.4, -0.2) is 37.0 Å². The predicted molar refractivity (Wildman–Crippen MR) is 75.4 cm³/mol. The van der Waals surface area contributed by atoms with Crippen molar-refractivity contribution in [1.82, 2.24) is 10.2 Å². The van der Waals surface area contributed by atoms with Crippen LogP contribution in [-0.2, 0) is 11.2 Å². The van der Waals surface area contributed by atoms with Crippen LogP contribution in [0.5, 0.6) is 0 Å². The van der Waals surface area contributed by atoms with E-state index in [1.165, 1.54) is 0 Å². The summed E-state index contributed by atoms with van der Waals surface area (Å²) in [5.41, 5.74) is 7.32. The molecule has 0 radical (unpaired) electrons. The van der Waals surface area contributed by atoms with Crippen LogP contribution in [0.4, 0.5) is 5.69 Å². The zero-order chi connectivity index (χ0) is 13.4. The van der Waals surface area contributed by atoms with Crippen LogP contribution in [0.1, 0.15) is 19.4 Å². The molecule has 0 saturated carbocycles. The van der Waals surface area contributed by atoms with Gasteiger partial charge in [0.15, 0.2) is 0 Å². The summed E-state index contributed by atoms with van der Waals surface area (Å²) in [5, 5.41) is 2.93. The van der Waals surface area contributed by atoms with Crippen LogP contribution >= 0.6 is 0 Å². The van der Waals surface area contributed by atoms with Gasteiger partial charge in [0.25, 0.3) is 0 Å². The topological polar surface area (TPSA) is 58.4 Å². The van der Waals surface area contributed by atoms with Gasteiger partial charge in [-0.25, -0.2) is 0 Å². The minimum Gasteiger partial charge on any atom is -0.399 e. The lowest BCUT2D eigenvalue weighted by molar-refractivity contribution is -0.120. The Morgan fingerprint density at radius 2 is 2.06 bits per heavy atom. The highest BCUT2D eigenvalue weighted by Gasteiger charge is 2.04. The van der Waals surface area contributed by atoms with E-state index in [0.717, 1.165) is 25.2 Å². The normalized spacial score (nSPS) is 10.6. The summed E-state index contributed by atoms with van der Waals surface area (Å²) in [7, 11) is 0. The third-order valence-electron chi connectivity index (χ3n) is 2.96. The van der Waals surface area contributed by atoms with Gasteiger partial charge in [-0.3, -0.25) is 4.79 Å². The van der Waals surface area contributed by atoms with Crippen molar-refractivity contribution in [1.29, 1.82) is 0 Å². The van der Waals surface area contributed by atoms with E-state index in [1.54, 1.807) is 0 Å². The van der Waals surface area contributed by atoms with Crippen LogP contribution in [0.15, 0.2) is 24.3 Å². The molecule has 1 aromatic carbocycles. The van der Waals surface area contributed by atoms with Crippen molar-refractivity contribution in [2.24, 2.45) is 0 Å². The molecule has 0 aliphatic carbocycles. The van der Waals surface area contributed by atoms with E-state index < -0.39 is 0 Å². The first kappa shape index (κ1) is 14.5. The van der Waals surface area contributed by atoms with E-state index >= 15 is 0 Å². The lowest BCUT2D eigenvalue weighted by Gasteiger charge is -2.17. The molecule has 3 N–H and O–H groups in total. The fourth-order valence-electron chi connectivity index (χ4n) is 1.84. The Bertz CT molecular complexity index is 375. The first-order valence-corrected chi connectivity index (χ1v) is 6.49. The minimum atomic E-state index is 0.0488. The fourth-order valence-corrected chi connectivity index (χ4v) is 1.84. The molecule has 0 unspecified atom stereocenters. The maximum Gasteiger partial charge on any atom is 0.224 e. The number of nitrogens with two attached hydrogens (primary N) is 1. The Labute approximate surface area is 109 Å². The van der Waals surface area contributed by atoms with Crippen molar-refractivity contribution in [3.8, 4) is 0 Å². The molecule has 0 aliphatic heterocycles. The Morgan fingerprint density at radius 1 is 1.33 bits per heavy atom. The standard InChI is InChI=1S/C14H23N3O/c1-3-17(4-2)9-8-16-14(18)11-12-6-5-7-13(15)10-12/h5-7,10H,3-4,8-9,11,15H2,1-2H3,(H,16,18). The lowest BCUT2D eigenvalue weighted by atomic mass is 10.1. The van der Waals surface area contributed by atoms with Gasteiger partial charge in [-0.15, -0.1) is 0 Å². The van der Waals surface area contributed by atoms with Gasteiger partial charge in [-0.2, -0.15) is 0 Å². The Kier molecular flexibility index (Phi) is 6.22. The van der Waals surface area contributed by atoms with E-state index in [1.807, 2.05) is 24.3 Å². The quantitative estimate of drug-likeness (QED) is 0.715. The fraction of sp³-hybridized carbons (Fsp3) is 0.500. The zero-order valence-electron chi connectivity index (χ0n) is 11.3. The molecule has 0 bridgehead atoms. The molecule has 4 nitrogen and oxygen atoms in total. The van der Waals surface area contributed by atoms with Crippen molar-refractivity contribution < 1.29 is 4.79 Å². The molecular formula is C14H23N3O.